The summed E-state index contributed by atoms with van der Waals surface area (Å²) in [5.74, 6) is -7.35. The van der Waals surface area contributed by atoms with Crippen LogP contribution in [0, 0.1) is 34.9 Å². The largest absolute Gasteiger partial charge is 0.481 e. The Bertz CT molecular complexity index is 1870. The molecule has 5 amide bonds. The Kier molecular flexibility index (Phi) is 15.5. The topological polar surface area (TPSA) is 256 Å². The summed E-state index contributed by atoms with van der Waals surface area (Å²) in [6.45, 7) is 13.6. The van der Waals surface area contributed by atoms with Crippen molar-refractivity contribution >= 4 is 48.6 Å². The van der Waals surface area contributed by atoms with Gasteiger partial charge in [0.2, 0.25) is 29.5 Å². The predicted molar refractivity (Wildman–Crippen MR) is 224 cm³/mol. The highest BCUT2D eigenvalue weighted by Crippen LogP contribution is 2.65. The first-order valence-electron chi connectivity index (χ1n) is 21.8. The van der Waals surface area contributed by atoms with Crippen LogP contribution in [0.15, 0.2) is 24.3 Å². The number of halogens is 1. The molecule has 3 aliphatic carbocycles. The van der Waals surface area contributed by atoms with Gasteiger partial charge in [-0.15, -0.1) is 0 Å². The second-order valence-electron chi connectivity index (χ2n) is 19.0. The third kappa shape index (κ3) is 10.9. The van der Waals surface area contributed by atoms with E-state index in [2.05, 4.69) is 42.0 Å². The zero-order chi connectivity index (χ0) is 45.8. The van der Waals surface area contributed by atoms with Crippen LogP contribution in [0.4, 0.5) is 4.39 Å². The lowest BCUT2D eigenvalue weighted by Gasteiger charge is -2.64. The molecular weight excluding hydrogens is 806 g/mol. The van der Waals surface area contributed by atoms with Crippen LogP contribution in [-0.4, -0.2) is 118 Å². The number of benzene rings is 1. The molecule has 0 aromatic heterocycles. The van der Waals surface area contributed by atoms with Crippen molar-refractivity contribution in [3.05, 3.63) is 35.6 Å². The van der Waals surface area contributed by atoms with E-state index < -0.39 is 115 Å². The van der Waals surface area contributed by atoms with Crippen molar-refractivity contribution in [1.29, 1.82) is 0 Å². The Morgan fingerprint density at radius 3 is 2.19 bits per heavy atom. The van der Waals surface area contributed by atoms with E-state index in [9.17, 15) is 43.1 Å². The summed E-state index contributed by atoms with van der Waals surface area (Å²) in [6.07, 6.45) is 1.79. The lowest BCUT2D eigenvalue weighted by Crippen LogP contribution is -2.65. The van der Waals surface area contributed by atoms with Crippen LogP contribution < -0.4 is 27.0 Å². The van der Waals surface area contributed by atoms with Crippen molar-refractivity contribution in [3.63, 3.8) is 0 Å². The minimum Gasteiger partial charge on any atom is -0.481 e. The second-order valence-corrected chi connectivity index (χ2v) is 19.0. The molecule has 19 heteroatoms. The molecule has 3 saturated carbocycles. The highest BCUT2D eigenvalue weighted by molar-refractivity contribution is 6.48. The number of nitrogens with one attached hydrogen (secondary N) is 4. The maximum Gasteiger partial charge on any atom is 0.481 e. The number of carboxylic acids is 2. The van der Waals surface area contributed by atoms with E-state index >= 15 is 0 Å². The molecule has 10 atom stereocenters. The highest BCUT2D eigenvalue weighted by atomic mass is 19.1. The number of carboxylic acid groups (broad SMARTS) is 2. The van der Waals surface area contributed by atoms with Crippen molar-refractivity contribution < 1.29 is 57.5 Å². The van der Waals surface area contributed by atoms with Crippen molar-refractivity contribution in [3.8, 4) is 0 Å². The van der Waals surface area contributed by atoms with Crippen LogP contribution in [0.25, 0.3) is 0 Å². The van der Waals surface area contributed by atoms with Gasteiger partial charge in [-0.2, -0.15) is 0 Å². The smallest absolute Gasteiger partial charge is 0.481 e. The predicted octanol–water partition coefficient (Wildman–Crippen LogP) is 1.93. The molecule has 8 N–H and O–H groups in total. The van der Waals surface area contributed by atoms with Crippen molar-refractivity contribution in [2.75, 3.05) is 6.54 Å². The van der Waals surface area contributed by atoms with Gasteiger partial charge < -0.3 is 51.4 Å². The Hall–Kier alpha value is -4.62. The average molecular weight is 871 g/mol. The Morgan fingerprint density at radius 1 is 0.903 bits per heavy atom. The summed E-state index contributed by atoms with van der Waals surface area (Å²) < 4.78 is 27.5. The summed E-state index contributed by atoms with van der Waals surface area (Å²) >= 11 is 0. The molecule has 5 fully saturated rings. The molecule has 0 spiro atoms. The summed E-state index contributed by atoms with van der Waals surface area (Å²) in [4.78, 5) is 92.6. The van der Waals surface area contributed by atoms with E-state index in [1.807, 2.05) is 6.07 Å². The van der Waals surface area contributed by atoms with E-state index in [-0.39, 0.29) is 36.2 Å². The Morgan fingerprint density at radius 2 is 1.58 bits per heavy atom. The number of carbonyl (C=O) groups excluding carboxylic acids is 5. The number of nitrogens with two attached hydrogens (primary N) is 1. The zero-order valence-electron chi connectivity index (χ0n) is 36.8. The fraction of sp³-hybridized carbons (Fsp3) is 0.698. The van der Waals surface area contributed by atoms with Crippen molar-refractivity contribution in [2.45, 2.75) is 154 Å². The first-order chi connectivity index (χ1) is 29.0. The number of carbonyl (C=O) groups is 7. The summed E-state index contributed by atoms with van der Waals surface area (Å²) in [5, 5.41) is 29.1. The molecule has 2 saturated heterocycles. The van der Waals surface area contributed by atoms with E-state index in [4.69, 9.17) is 20.1 Å². The first kappa shape index (κ1) is 48.4. The molecule has 1 aromatic carbocycles. The van der Waals surface area contributed by atoms with Gasteiger partial charge in [-0.05, 0) is 98.7 Å². The highest BCUT2D eigenvalue weighted by Gasteiger charge is 2.68. The first-order valence-corrected chi connectivity index (χ1v) is 21.8. The van der Waals surface area contributed by atoms with Crippen LogP contribution in [-0.2, 0) is 49.3 Å². The molecule has 1 aromatic rings. The van der Waals surface area contributed by atoms with E-state index in [1.54, 1.807) is 33.8 Å². The van der Waals surface area contributed by atoms with Crippen LogP contribution in [0.3, 0.4) is 0 Å². The zero-order valence-corrected chi connectivity index (χ0v) is 36.8. The van der Waals surface area contributed by atoms with Crippen LogP contribution in [0.2, 0.25) is 0 Å². The number of likely N-dealkylation sites (tertiary alicyclic amines) is 1. The summed E-state index contributed by atoms with van der Waals surface area (Å²) in [6, 6.07) is 0.0426. The van der Waals surface area contributed by atoms with Gasteiger partial charge in [-0.25, -0.2) is 4.39 Å². The third-order valence-corrected chi connectivity index (χ3v) is 13.6. The van der Waals surface area contributed by atoms with Crippen molar-refractivity contribution in [1.82, 2.24) is 26.2 Å². The van der Waals surface area contributed by atoms with Crippen molar-refractivity contribution in [2.24, 2.45) is 34.8 Å². The minimum atomic E-state index is -1.52. The number of aliphatic carboxylic acids is 2. The Balaban J connectivity index is 1.28. The fourth-order valence-electron chi connectivity index (χ4n) is 9.76. The third-order valence-electron chi connectivity index (χ3n) is 13.6. The van der Waals surface area contributed by atoms with Gasteiger partial charge in [-0.1, -0.05) is 53.7 Å². The quantitative estimate of drug-likeness (QED) is 0.0929. The number of amides is 5. The van der Waals surface area contributed by atoms with E-state index in [0.717, 1.165) is 18.4 Å². The molecular formula is C43H64BFN6O11. The maximum atomic E-state index is 14.4. The van der Waals surface area contributed by atoms with Gasteiger partial charge in [0.25, 0.3) is 0 Å². The van der Waals surface area contributed by atoms with Gasteiger partial charge in [0.15, 0.2) is 0 Å². The molecule has 342 valence electrons. The SMILES string of the molecule is CC(C)[C@H](NC(=O)[C@H](CCC(=O)O)NC(=O)[C@@H](N)CC(=O)O)C(=O)N[C@H](C(=O)N1CCC[C@H]1C(=O)N[C@@H](CCc1cccc(F)c1)B1O[C@H]2C[C@@H]3C[C@@H](C3(C)C)[C@@]2(C)O1)C(C)C. The number of rotatable bonds is 20. The van der Waals surface area contributed by atoms with Gasteiger partial charge in [0.05, 0.1) is 30.1 Å². The molecule has 17 nitrogen and oxygen atoms in total. The molecule has 2 aliphatic heterocycles. The number of aryl methyl sites for hydroxylation is 1. The van der Waals surface area contributed by atoms with Crippen LogP contribution in [0.1, 0.15) is 105 Å². The number of hydrogen-bond donors (Lipinski definition) is 7. The standard InChI is InChI=1S/C43H64BFN6O11/c1-22(2)35(49-38(57)28(14-16-33(52)53)47-37(56)27(46)21-34(54)55)40(59)50-36(23(3)4)41(60)51-17-9-12-29(51)39(58)48-32(15-13-24-10-8-11-26(45)18-24)44-61-31-20-25-19-30(42(25,5)6)43(31,7)62-44/h8,10-11,18,22-23,25,27-32,35-36H,9,12-17,19-21,46H2,1-7H3,(H,47,56)(H,48,58)(H,49,57)(H,50,59)(H,52,53)(H,54,55)/t25-,27-,28-,29-,30-,31-,32-,35-,36-,43+/m0/s1. The van der Waals surface area contributed by atoms with E-state index in [1.165, 1.54) is 17.0 Å². The average Bonchev–Trinajstić information content (AvgIpc) is 3.83. The Labute approximate surface area is 362 Å². The van der Waals surface area contributed by atoms with E-state index in [0.29, 0.717) is 31.6 Å². The number of hydrogen-bond acceptors (Lipinski definition) is 10. The summed E-state index contributed by atoms with van der Waals surface area (Å²) in [7, 11) is -0.771. The lowest BCUT2D eigenvalue weighted by molar-refractivity contribution is -0.199. The fourth-order valence-corrected chi connectivity index (χ4v) is 9.76. The molecule has 0 unspecified atom stereocenters. The van der Waals surface area contributed by atoms with Gasteiger partial charge in [-0.3, -0.25) is 33.6 Å². The molecule has 2 bridgehead atoms. The van der Waals surface area contributed by atoms with Gasteiger partial charge in [0, 0.05) is 13.0 Å². The van der Waals surface area contributed by atoms with Gasteiger partial charge >= 0.3 is 19.1 Å². The van der Waals surface area contributed by atoms with Crippen LogP contribution >= 0.6 is 0 Å². The lowest BCUT2D eigenvalue weighted by atomic mass is 9.43. The summed E-state index contributed by atoms with van der Waals surface area (Å²) in [5.41, 5.74) is 5.96. The molecule has 5 aliphatic rings. The van der Waals surface area contributed by atoms with Crippen LogP contribution in [0.5, 0.6) is 0 Å². The minimum absolute atomic E-state index is 0.0961. The molecule has 6 rings (SSSR count). The maximum absolute atomic E-state index is 14.4. The number of nitrogens with zero attached hydrogens (tertiary/aromatic N) is 1. The normalized spacial score (nSPS) is 26.0. The molecule has 2 heterocycles. The monoisotopic (exact) mass is 870 g/mol. The molecule has 62 heavy (non-hydrogen) atoms. The van der Waals surface area contributed by atoms with Gasteiger partial charge in [0.1, 0.15) is 30.0 Å². The second kappa shape index (κ2) is 19.8. The molecule has 0 radical (unpaired) electrons.